The average molecular weight is 306 g/mol. The van der Waals surface area contributed by atoms with Crippen LogP contribution in [0.25, 0.3) is 0 Å². The number of hydrogen-bond acceptors (Lipinski definition) is 3. The zero-order chi connectivity index (χ0) is 13.0. The van der Waals surface area contributed by atoms with Crippen LogP contribution in [0.15, 0.2) is 46.9 Å². The first kappa shape index (κ1) is 13.1. The second-order valence-electron chi connectivity index (χ2n) is 4.32. The molecule has 94 valence electrons. The molecule has 0 bridgehead atoms. The van der Waals surface area contributed by atoms with Crippen molar-refractivity contribution in [3.8, 4) is 0 Å². The van der Waals surface area contributed by atoms with Gasteiger partial charge in [-0.1, -0.05) is 40.2 Å². The van der Waals surface area contributed by atoms with Gasteiger partial charge in [-0.2, -0.15) is 0 Å². The molecule has 1 aromatic heterocycles. The second-order valence-corrected chi connectivity index (χ2v) is 5.17. The van der Waals surface area contributed by atoms with Crippen molar-refractivity contribution in [2.75, 3.05) is 12.8 Å². The topological polar surface area (TPSA) is 42.1 Å². The highest BCUT2D eigenvalue weighted by Gasteiger charge is 2.05. The minimum atomic E-state index is 0.571. The molecule has 0 spiro atoms. The Morgan fingerprint density at radius 2 is 1.89 bits per heavy atom. The number of rotatable bonds is 4. The summed E-state index contributed by atoms with van der Waals surface area (Å²) in [6, 6.07) is 14.0. The Bertz CT molecular complexity index is 528. The van der Waals surface area contributed by atoms with Crippen molar-refractivity contribution >= 4 is 21.7 Å². The Balaban J connectivity index is 2.01. The van der Waals surface area contributed by atoms with Crippen LogP contribution in [0.3, 0.4) is 0 Å². The van der Waals surface area contributed by atoms with Gasteiger partial charge in [0.2, 0.25) is 0 Å². The third kappa shape index (κ3) is 3.55. The van der Waals surface area contributed by atoms with Gasteiger partial charge in [-0.25, -0.2) is 4.98 Å². The van der Waals surface area contributed by atoms with Crippen LogP contribution in [0.4, 0.5) is 5.82 Å². The van der Waals surface area contributed by atoms with Gasteiger partial charge in [0.1, 0.15) is 5.82 Å². The highest BCUT2D eigenvalue weighted by Crippen LogP contribution is 2.18. The van der Waals surface area contributed by atoms with Gasteiger partial charge in [0.15, 0.2) is 0 Å². The first-order valence-electron chi connectivity index (χ1n) is 5.78. The van der Waals surface area contributed by atoms with Crippen molar-refractivity contribution in [3.63, 3.8) is 0 Å². The van der Waals surface area contributed by atoms with Crippen LogP contribution >= 0.6 is 15.9 Å². The molecular weight excluding hydrogens is 290 g/mol. The molecule has 2 rings (SSSR count). The molecule has 0 aliphatic heterocycles. The van der Waals surface area contributed by atoms with Gasteiger partial charge in [0, 0.05) is 17.6 Å². The van der Waals surface area contributed by atoms with E-state index in [9.17, 15) is 0 Å². The summed E-state index contributed by atoms with van der Waals surface area (Å²) in [6.45, 7) is 1.66. The van der Waals surface area contributed by atoms with E-state index in [0.29, 0.717) is 5.82 Å². The number of anilines is 1. The van der Waals surface area contributed by atoms with E-state index in [1.807, 2.05) is 24.3 Å². The molecule has 1 heterocycles. The third-order valence-corrected chi connectivity index (χ3v) is 3.43. The van der Waals surface area contributed by atoms with Crippen LogP contribution in [0, 0.1) is 0 Å². The first-order valence-corrected chi connectivity index (χ1v) is 6.58. The summed E-state index contributed by atoms with van der Waals surface area (Å²) < 4.78 is 1.14. The van der Waals surface area contributed by atoms with E-state index in [2.05, 4.69) is 45.0 Å². The summed E-state index contributed by atoms with van der Waals surface area (Å²) in [7, 11) is 2.07. The molecule has 0 saturated carbocycles. The summed E-state index contributed by atoms with van der Waals surface area (Å²) in [5, 5.41) is 0. The number of pyridine rings is 1. The smallest absolute Gasteiger partial charge is 0.123 e. The zero-order valence-electron chi connectivity index (χ0n) is 10.3. The first-order chi connectivity index (χ1) is 8.65. The van der Waals surface area contributed by atoms with E-state index in [-0.39, 0.29) is 0 Å². The van der Waals surface area contributed by atoms with Crippen LogP contribution in [-0.4, -0.2) is 16.9 Å². The molecule has 0 fully saturated rings. The fourth-order valence-corrected chi connectivity index (χ4v) is 2.25. The van der Waals surface area contributed by atoms with E-state index >= 15 is 0 Å². The van der Waals surface area contributed by atoms with Crippen LogP contribution in [0.2, 0.25) is 0 Å². The summed E-state index contributed by atoms with van der Waals surface area (Å²) >= 11 is 3.56. The third-order valence-electron chi connectivity index (χ3n) is 2.66. The molecule has 0 aliphatic rings. The van der Waals surface area contributed by atoms with Gasteiger partial charge in [0.25, 0.3) is 0 Å². The highest BCUT2D eigenvalue weighted by atomic mass is 79.9. The minimum Gasteiger partial charge on any atom is -0.384 e. The Morgan fingerprint density at radius 1 is 1.11 bits per heavy atom. The Morgan fingerprint density at radius 3 is 2.61 bits per heavy atom. The summed E-state index contributed by atoms with van der Waals surface area (Å²) in [5.74, 6) is 0.571. The van der Waals surface area contributed by atoms with Crippen molar-refractivity contribution in [1.29, 1.82) is 0 Å². The molecule has 18 heavy (non-hydrogen) atoms. The zero-order valence-corrected chi connectivity index (χ0v) is 11.9. The molecule has 2 aromatic rings. The summed E-state index contributed by atoms with van der Waals surface area (Å²) in [4.78, 5) is 6.51. The SMILES string of the molecule is CN(Cc1cccc(N)n1)Cc1ccccc1Br. The fourth-order valence-electron chi connectivity index (χ4n) is 1.84. The molecule has 0 radical (unpaired) electrons. The highest BCUT2D eigenvalue weighted by molar-refractivity contribution is 9.10. The van der Waals surface area contributed by atoms with Gasteiger partial charge >= 0.3 is 0 Å². The lowest BCUT2D eigenvalue weighted by molar-refractivity contribution is 0.314. The quantitative estimate of drug-likeness (QED) is 0.944. The van der Waals surface area contributed by atoms with E-state index in [1.54, 1.807) is 6.07 Å². The van der Waals surface area contributed by atoms with Crippen molar-refractivity contribution < 1.29 is 0 Å². The normalized spacial score (nSPS) is 10.8. The summed E-state index contributed by atoms with van der Waals surface area (Å²) in [5.41, 5.74) is 7.93. The van der Waals surface area contributed by atoms with Gasteiger partial charge in [-0.3, -0.25) is 4.90 Å². The Hall–Kier alpha value is -1.39. The lowest BCUT2D eigenvalue weighted by Gasteiger charge is -2.17. The van der Waals surface area contributed by atoms with Crippen LogP contribution in [-0.2, 0) is 13.1 Å². The molecule has 0 atom stereocenters. The van der Waals surface area contributed by atoms with Gasteiger partial charge in [0.05, 0.1) is 5.69 Å². The molecule has 0 aliphatic carbocycles. The predicted molar refractivity (Wildman–Crippen MR) is 78.0 cm³/mol. The monoisotopic (exact) mass is 305 g/mol. The largest absolute Gasteiger partial charge is 0.384 e. The van der Waals surface area contributed by atoms with Crippen LogP contribution in [0.1, 0.15) is 11.3 Å². The predicted octanol–water partition coefficient (Wildman–Crippen LogP) is 3.06. The average Bonchev–Trinajstić information content (AvgIpc) is 2.32. The maximum Gasteiger partial charge on any atom is 0.123 e. The lowest BCUT2D eigenvalue weighted by Crippen LogP contribution is -2.18. The van der Waals surface area contributed by atoms with Crippen LogP contribution < -0.4 is 5.73 Å². The van der Waals surface area contributed by atoms with Crippen molar-refractivity contribution in [3.05, 3.63) is 58.2 Å². The Labute approximate surface area is 116 Å². The number of nitrogens with two attached hydrogens (primary N) is 1. The fraction of sp³-hybridized carbons (Fsp3) is 0.214. The van der Waals surface area contributed by atoms with E-state index in [4.69, 9.17) is 5.73 Å². The van der Waals surface area contributed by atoms with Crippen molar-refractivity contribution in [1.82, 2.24) is 9.88 Å². The molecule has 0 amide bonds. The van der Waals surface area contributed by atoms with Crippen molar-refractivity contribution in [2.24, 2.45) is 0 Å². The molecular formula is C14H16BrN3. The molecule has 4 heteroatoms. The summed E-state index contributed by atoms with van der Waals surface area (Å²) in [6.07, 6.45) is 0. The number of nitrogen functional groups attached to an aromatic ring is 1. The second kappa shape index (κ2) is 5.98. The number of benzene rings is 1. The standard InChI is InChI=1S/C14H16BrN3/c1-18(9-11-5-2-3-7-13(11)15)10-12-6-4-8-14(16)17-12/h2-8H,9-10H2,1H3,(H2,16,17). The van der Waals surface area contributed by atoms with E-state index in [1.165, 1.54) is 5.56 Å². The maximum atomic E-state index is 5.67. The number of nitrogens with zero attached hydrogens (tertiary/aromatic N) is 2. The van der Waals surface area contributed by atoms with Gasteiger partial charge in [-0.05, 0) is 30.8 Å². The molecule has 2 N–H and O–H groups in total. The van der Waals surface area contributed by atoms with Crippen LogP contribution in [0.5, 0.6) is 0 Å². The minimum absolute atomic E-state index is 0.571. The van der Waals surface area contributed by atoms with Crippen molar-refractivity contribution in [2.45, 2.75) is 13.1 Å². The van der Waals surface area contributed by atoms with Gasteiger partial charge in [-0.15, -0.1) is 0 Å². The van der Waals surface area contributed by atoms with E-state index < -0.39 is 0 Å². The van der Waals surface area contributed by atoms with Gasteiger partial charge < -0.3 is 5.73 Å². The number of aromatic nitrogens is 1. The molecule has 0 unspecified atom stereocenters. The molecule has 1 aromatic carbocycles. The Kier molecular flexibility index (Phi) is 4.33. The molecule has 3 nitrogen and oxygen atoms in total. The molecule has 0 saturated heterocycles. The maximum absolute atomic E-state index is 5.67. The number of hydrogen-bond donors (Lipinski definition) is 1. The number of halogens is 1. The lowest BCUT2D eigenvalue weighted by atomic mass is 10.2. The van der Waals surface area contributed by atoms with E-state index in [0.717, 1.165) is 23.3 Å².